The highest BCUT2D eigenvalue weighted by atomic mass is 16.3. The van der Waals surface area contributed by atoms with Gasteiger partial charge in [-0.25, -0.2) is 0 Å². The Morgan fingerprint density at radius 1 is 1.24 bits per heavy atom. The molecule has 2 heteroatoms. The summed E-state index contributed by atoms with van der Waals surface area (Å²) < 4.78 is 0. The summed E-state index contributed by atoms with van der Waals surface area (Å²) in [4.78, 5) is 0. The Morgan fingerprint density at radius 3 is 2.24 bits per heavy atom. The van der Waals surface area contributed by atoms with Crippen LogP contribution >= 0.6 is 0 Å². The molecule has 0 saturated carbocycles. The summed E-state index contributed by atoms with van der Waals surface area (Å²) in [5, 5.41) is 13.0. The van der Waals surface area contributed by atoms with Gasteiger partial charge in [-0.3, -0.25) is 0 Å². The molecule has 1 unspecified atom stereocenters. The predicted molar refractivity (Wildman–Crippen MR) is 73.1 cm³/mol. The first-order valence-electron chi connectivity index (χ1n) is 6.50. The minimum absolute atomic E-state index is 0.109. The Balaban J connectivity index is 2.88. The van der Waals surface area contributed by atoms with E-state index < -0.39 is 0 Å². The van der Waals surface area contributed by atoms with Gasteiger partial charge >= 0.3 is 0 Å². The average Bonchev–Trinajstić information content (AvgIpc) is 2.29. The van der Waals surface area contributed by atoms with Crippen molar-refractivity contribution in [3.8, 4) is 0 Å². The van der Waals surface area contributed by atoms with Crippen LogP contribution in [0.2, 0.25) is 0 Å². The molecule has 2 nitrogen and oxygen atoms in total. The molecule has 2 N–H and O–H groups in total. The lowest BCUT2D eigenvalue weighted by Crippen LogP contribution is -2.46. The maximum atomic E-state index is 9.60. The van der Waals surface area contributed by atoms with Crippen molar-refractivity contribution >= 4 is 0 Å². The van der Waals surface area contributed by atoms with Crippen molar-refractivity contribution in [1.82, 2.24) is 5.32 Å². The number of aryl methyl sites for hydroxylation is 1. The number of benzene rings is 1. The van der Waals surface area contributed by atoms with Crippen LogP contribution in [0, 0.1) is 0 Å². The van der Waals surface area contributed by atoms with Crippen LogP contribution in [-0.4, -0.2) is 17.8 Å². The van der Waals surface area contributed by atoms with Crippen molar-refractivity contribution in [2.24, 2.45) is 0 Å². The minimum Gasteiger partial charge on any atom is -0.394 e. The van der Waals surface area contributed by atoms with Crippen LogP contribution in [0.25, 0.3) is 0 Å². The smallest absolute Gasteiger partial charge is 0.0652 e. The molecular formula is C15H25NO. The number of hydrogen-bond acceptors (Lipinski definition) is 2. The lowest BCUT2D eigenvalue weighted by atomic mass is 9.91. The fraction of sp³-hybridized carbons (Fsp3) is 0.600. The molecule has 96 valence electrons. The molecule has 1 aromatic carbocycles. The SMILES string of the molecule is CCCc1ccc(C(C)(CO)NC(C)C)cc1. The van der Waals surface area contributed by atoms with Crippen LogP contribution < -0.4 is 5.32 Å². The van der Waals surface area contributed by atoms with Crippen LogP contribution in [0.3, 0.4) is 0 Å². The molecule has 0 aliphatic heterocycles. The molecule has 0 aliphatic rings. The summed E-state index contributed by atoms with van der Waals surface area (Å²) in [5.74, 6) is 0. The molecule has 0 bridgehead atoms. The minimum atomic E-state index is -0.348. The molecular weight excluding hydrogens is 210 g/mol. The molecule has 0 radical (unpaired) electrons. The normalized spacial score (nSPS) is 14.9. The van der Waals surface area contributed by atoms with E-state index in [0.29, 0.717) is 6.04 Å². The third-order valence-corrected chi connectivity index (χ3v) is 3.05. The van der Waals surface area contributed by atoms with Gasteiger partial charge in [-0.1, -0.05) is 37.6 Å². The van der Waals surface area contributed by atoms with Crippen molar-refractivity contribution in [3.63, 3.8) is 0 Å². The van der Waals surface area contributed by atoms with E-state index in [1.807, 2.05) is 6.92 Å². The van der Waals surface area contributed by atoms with Crippen LogP contribution in [0.4, 0.5) is 0 Å². The van der Waals surface area contributed by atoms with E-state index in [-0.39, 0.29) is 12.1 Å². The standard InChI is InChI=1S/C15H25NO/c1-5-6-13-7-9-14(10-8-13)15(4,11-17)16-12(2)3/h7-10,12,16-17H,5-6,11H2,1-4H3. The zero-order valence-electron chi connectivity index (χ0n) is 11.5. The van der Waals surface area contributed by atoms with Crippen LogP contribution in [0.5, 0.6) is 0 Å². The van der Waals surface area contributed by atoms with E-state index >= 15 is 0 Å². The number of rotatable bonds is 6. The van der Waals surface area contributed by atoms with Gasteiger partial charge < -0.3 is 10.4 Å². The zero-order valence-corrected chi connectivity index (χ0v) is 11.5. The van der Waals surface area contributed by atoms with E-state index in [1.54, 1.807) is 0 Å². The highest BCUT2D eigenvalue weighted by Crippen LogP contribution is 2.21. The number of aliphatic hydroxyl groups is 1. The Bertz CT molecular complexity index is 331. The largest absolute Gasteiger partial charge is 0.394 e. The lowest BCUT2D eigenvalue weighted by Gasteiger charge is -2.31. The van der Waals surface area contributed by atoms with E-state index in [2.05, 4.69) is 50.4 Å². The van der Waals surface area contributed by atoms with Gasteiger partial charge in [-0.05, 0) is 38.3 Å². The monoisotopic (exact) mass is 235 g/mol. The second-order valence-electron chi connectivity index (χ2n) is 5.24. The fourth-order valence-corrected chi connectivity index (χ4v) is 2.19. The summed E-state index contributed by atoms with van der Waals surface area (Å²) in [6.07, 6.45) is 2.29. The predicted octanol–water partition coefficient (Wildman–Crippen LogP) is 2.84. The van der Waals surface area contributed by atoms with Gasteiger partial charge in [0.2, 0.25) is 0 Å². The highest BCUT2D eigenvalue weighted by molar-refractivity contribution is 5.28. The van der Waals surface area contributed by atoms with Gasteiger partial charge in [0.1, 0.15) is 0 Å². The fourth-order valence-electron chi connectivity index (χ4n) is 2.19. The van der Waals surface area contributed by atoms with Crippen molar-refractivity contribution in [2.75, 3.05) is 6.61 Å². The molecule has 0 spiro atoms. The van der Waals surface area contributed by atoms with E-state index in [1.165, 1.54) is 12.0 Å². The number of hydrogen-bond donors (Lipinski definition) is 2. The van der Waals surface area contributed by atoms with Crippen LogP contribution in [-0.2, 0) is 12.0 Å². The van der Waals surface area contributed by atoms with Gasteiger partial charge in [-0.15, -0.1) is 0 Å². The van der Waals surface area contributed by atoms with Gasteiger partial charge in [0.25, 0.3) is 0 Å². The quantitative estimate of drug-likeness (QED) is 0.794. The summed E-state index contributed by atoms with van der Waals surface area (Å²) in [7, 11) is 0. The van der Waals surface area contributed by atoms with Crippen molar-refractivity contribution in [2.45, 2.75) is 52.1 Å². The van der Waals surface area contributed by atoms with Crippen LogP contribution in [0.15, 0.2) is 24.3 Å². The second kappa shape index (κ2) is 6.18. The molecule has 0 saturated heterocycles. The molecule has 17 heavy (non-hydrogen) atoms. The molecule has 0 amide bonds. The topological polar surface area (TPSA) is 32.3 Å². The van der Waals surface area contributed by atoms with Gasteiger partial charge in [0.15, 0.2) is 0 Å². The molecule has 1 atom stereocenters. The van der Waals surface area contributed by atoms with Crippen molar-refractivity contribution < 1.29 is 5.11 Å². The Hall–Kier alpha value is -0.860. The van der Waals surface area contributed by atoms with Gasteiger partial charge in [0, 0.05) is 6.04 Å². The maximum absolute atomic E-state index is 9.60. The first-order valence-corrected chi connectivity index (χ1v) is 6.50. The van der Waals surface area contributed by atoms with E-state index in [9.17, 15) is 5.11 Å². The average molecular weight is 235 g/mol. The first-order chi connectivity index (χ1) is 8.01. The summed E-state index contributed by atoms with van der Waals surface area (Å²) >= 11 is 0. The van der Waals surface area contributed by atoms with Crippen molar-refractivity contribution in [1.29, 1.82) is 0 Å². The highest BCUT2D eigenvalue weighted by Gasteiger charge is 2.25. The Morgan fingerprint density at radius 2 is 1.82 bits per heavy atom. The Kier molecular flexibility index (Phi) is 5.16. The van der Waals surface area contributed by atoms with Gasteiger partial charge in [-0.2, -0.15) is 0 Å². The third-order valence-electron chi connectivity index (χ3n) is 3.05. The number of nitrogens with one attached hydrogen (secondary N) is 1. The summed E-state index contributed by atoms with van der Waals surface area (Å²) in [6, 6.07) is 8.92. The first kappa shape index (κ1) is 14.2. The Labute approximate surface area is 105 Å². The van der Waals surface area contributed by atoms with Gasteiger partial charge in [0.05, 0.1) is 12.1 Å². The van der Waals surface area contributed by atoms with E-state index in [4.69, 9.17) is 0 Å². The number of aliphatic hydroxyl groups excluding tert-OH is 1. The third kappa shape index (κ3) is 3.83. The van der Waals surface area contributed by atoms with Crippen LogP contribution in [0.1, 0.15) is 45.2 Å². The maximum Gasteiger partial charge on any atom is 0.0652 e. The summed E-state index contributed by atoms with van der Waals surface area (Å²) in [5.41, 5.74) is 2.16. The molecule has 1 aromatic rings. The molecule has 0 fully saturated rings. The van der Waals surface area contributed by atoms with Crippen molar-refractivity contribution in [3.05, 3.63) is 35.4 Å². The zero-order chi connectivity index (χ0) is 12.9. The molecule has 1 rings (SSSR count). The lowest BCUT2D eigenvalue weighted by molar-refractivity contribution is 0.166. The van der Waals surface area contributed by atoms with E-state index in [0.717, 1.165) is 12.0 Å². The molecule has 0 aliphatic carbocycles. The molecule has 0 heterocycles. The molecule has 0 aromatic heterocycles. The second-order valence-corrected chi connectivity index (χ2v) is 5.24. The summed E-state index contributed by atoms with van der Waals surface area (Å²) in [6.45, 7) is 8.53.